The van der Waals surface area contributed by atoms with Crippen LogP contribution in [0.25, 0.3) is 0 Å². The highest BCUT2D eigenvalue weighted by atomic mass is 16.2. The van der Waals surface area contributed by atoms with Crippen LogP contribution in [0.3, 0.4) is 0 Å². The van der Waals surface area contributed by atoms with Gasteiger partial charge in [0.05, 0.1) is 6.54 Å². The summed E-state index contributed by atoms with van der Waals surface area (Å²) in [6.07, 6.45) is 4.89. The highest BCUT2D eigenvalue weighted by Gasteiger charge is 2.31. The van der Waals surface area contributed by atoms with Crippen LogP contribution in [0.1, 0.15) is 32.6 Å². The maximum atomic E-state index is 11.6. The van der Waals surface area contributed by atoms with Crippen LogP contribution in [-0.2, 0) is 4.79 Å². The summed E-state index contributed by atoms with van der Waals surface area (Å²) in [5, 5.41) is 2.56. The monoisotopic (exact) mass is 282 g/mol. The molecule has 3 N–H and O–H groups in total. The molecule has 6 heteroatoms. The van der Waals surface area contributed by atoms with Gasteiger partial charge in [-0.25, -0.2) is 4.79 Å². The van der Waals surface area contributed by atoms with Gasteiger partial charge in [0.1, 0.15) is 0 Å². The standard InChI is InChI=1S/C14H26N4O2/c1-2-17(12-6-4-3-5-11(12)9-15)7-8-18-13(19)10-16-14(18)20/h11-12H,2-10,15H2,1H3,(H,16,20). The third-order valence-electron chi connectivity index (χ3n) is 4.59. The number of nitrogens with one attached hydrogen (secondary N) is 1. The number of hydrogen-bond acceptors (Lipinski definition) is 4. The topological polar surface area (TPSA) is 78.7 Å². The van der Waals surface area contributed by atoms with Crippen molar-refractivity contribution in [2.75, 3.05) is 32.7 Å². The first-order valence-electron chi connectivity index (χ1n) is 7.69. The van der Waals surface area contributed by atoms with Crippen molar-refractivity contribution in [1.82, 2.24) is 15.1 Å². The van der Waals surface area contributed by atoms with Crippen LogP contribution in [0.2, 0.25) is 0 Å². The van der Waals surface area contributed by atoms with Crippen LogP contribution in [0.4, 0.5) is 4.79 Å². The molecule has 2 unspecified atom stereocenters. The summed E-state index contributed by atoms with van der Waals surface area (Å²) in [7, 11) is 0. The Morgan fingerprint density at radius 1 is 1.35 bits per heavy atom. The van der Waals surface area contributed by atoms with Crippen molar-refractivity contribution >= 4 is 11.9 Å². The number of likely N-dealkylation sites (N-methyl/N-ethyl adjacent to an activating group) is 1. The SMILES string of the molecule is CCN(CCN1C(=O)CNC1=O)C1CCCCC1CN. The lowest BCUT2D eigenvalue weighted by molar-refractivity contribution is -0.125. The highest BCUT2D eigenvalue weighted by molar-refractivity contribution is 6.01. The molecule has 1 saturated heterocycles. The summed E-state index contributed by atoms with van der Waals surface area (Å²) in [5.74, 6) is 0.428. The highest BCUT2D eigenvalue weighted by Crippen LogP contribution is 2.27. The average molecular weight is 282 g/mol. The predicted octanol–water partition coefficient (Wildman–Crippen LogP) is 0.378. The Hall–Kier alpha value is -1.14. The molecular weight excluding hydrogens is 256 g/mol. The third-order valence-corrected chi connectivity index (χ3v) is 4.59. The van der Waals surface area contributed by atoms with E-state index >= 15 is 0 Å². The van der Waals surface area contributed by atoms with Crippen molar-refractivity contribution in [2.45, 2.75) is 38.6 Å². The minimum Gasteiger partial charge on any atom is -0.330 e. The van der Waals surface area contributed by atoms with E-state index in [4.69, 9.17) is 5.73 Å². The van der Waals surface area contributed by atoms with Crippen molar-refractivity contribution in [3.63, 3.8) is 0 Å². The molecule has 0 spiro atoms. The van der Waals surface area contributed by atoms with Crippen molar-refractivity contribution in [3.8, 4) is 0 Å². The molecule has 2 atom stereocenters. The molecule has 0 aromatic rings. The van der Waals surface area contributed by atoms with Gasteiger partial charge in [-0.1, -0.05) is 19.8 Å². The molecule has 2 fully saturated rings. The molecule has 2 aliphatic rings. The molecule has 2 rings (SSSR count). The van der Waals surface area contributed by atoms with Crippen molar-refractivity contribution in [1.29, 1.82) is 0 Å². The quantitative estimate of drug-likeness (QED) is 0.690. The van der Waals surface area contributed by atoms with E-state index in [0.29, 0.717) is 18.5 Å². The molecule has 3 amide bonds. The number of hydrogen-bond donors (Lipinski definition) is 2. The first-order valence-corrected chi connectivity index (χ1v) is 7.69. The van der Waals surface area contributed by atoms with Gasteiger partial charge in [-0.05, 0) is 31.8 Å². The van der Waals surface area contributed by atoms with Gasteiger partial charge in [0, 0.05) is 19.1 Å². The average Bonchev–Trinajstić information content (AvgIpc) is 2.79. The molecule has 0 aromatic heterocycles. The molecular formula is C14H26N4O2. The Morgan fingerprint density at radius 2 is 2.10 bits per heavy atom. The Balaban J connectivity index is 1.91. The van der Waals surface area contributed by atoms with Gasteiger partial charge in [-0.15, -0.1) is 0 Å². The third kappa shape index (κ3) is 3.30. The van der Waals surface area contributed by atoms with Crippen LogP contribution >= 0.6 is 0 Å². The maximum Gasteiger partial charge on any atom is 0.324 e. The van der Waals surface area contributed by atoms with E-state index in [2.05, 4.69) is 17.1 Å². The van der Waals surface area contributed by atoms with Gasteiger partial charge in [-0.2, -0.15) is 0 Å². The largest absolute Gasteiger partial charge is 0.330 e. The zero-order chi connectivity index (χ0) is 14.5. The number of urea groups is 1. The van der Waals surface area contributed by atoms with E-state index in [1.54, 1.807) is 0 Å². The number of carbonyl (C=O) groups is 2. The van der Waals surface area contributed by atoms with Crippen LogP contribution in [0, 0.1) is 5.92 Å². The lowest BCUT2D eigenvalue weighted by Crippen LogP contribution is -2.48. The van der Waals surface area contributed by atoms with Crippen LogP contribution in [-0.4, -0.2) is 60.5 Å². The van der Waals surface area contributed by atoms with E-state index in [0.717, 1.165) is 19.6 Å². The fraction of sp³-hybridized carbons (Fsp3) is 0.857. The van der Waals surface area contributed by atoms with E-state index in [-0.39, 0.29) is 18.5 Å². The summed E-state index contributed by atoms with van der Waals surface area (Å²) in [6.45, 7) is 5.16. The molecule has 6 nitrogen and oxygen atoms in total. The normalized spacial score (nSPS) is 27.2. The molecule has 114 valence electrons. The molecule has 0 radical (unpaired) electrons. The Labute approximate surface area is 120 Å². The van der Waals surface area contributed by atoms with Gasteiger partial charge < -0.3 is 11.1 Å². The van der Waals surface area contributed by atoms with Crippen molar-refractivity contribution in [3.05, 3.63) is 0 Å². The van der Waals surface area contributed by atoms with Crippen LogP contribution in [0.15, 0.2) is 0 Å². The zero-order valence-electron chi connectivity index (χ0n) is 12.3. The summed E-state index contributed by atoms with van der Waals surface area (Å²) in [4.78, 5) is 26.8. The first-order chi connectivity index (χ1) is 9.67. The summed E-state index contributed by atoms with van der Waals surface area (Å²) < 4.78 is 0. The van der Waals surface area contributed by atoms with Crippen LogP contribution in [0.5, 0.6) is 0 Å². The number of nitrogens with two attached hydrogens (primary N) is 1. The lowest BCUT2D eigenvalue weighted by Gasteiger charge is -2.39. The number of carbonyl (C=O) groups excluding carboxylic acids is 2. The van der Waals surface area contributed by atoms with Gasteiger partial charge in [0.15, 0.2) is 0 Å². The van der Waals surface area contributed by atoms with Crippen molar-refractivity contribution < 1.29 is 9.59 Å². The number of amides is 3. The van der Waals surface area contributed by atoms with Gasteiger partial charge in [0.2, 0.25) is 5.91 Å². The maximum absolute atomic E-state index is 11.6. The smallest absolute Gasteiger partial charge is 0.324 e. The number of rotatable bonds is 6. The van der Waals surface area contributed by atoms with E-state index in [9.17, 15) is 9.59 Å². The zero-order valence-corrected chi connectivity index (χ0v) is 12.3. The second kappa shape index (κ2) is 7.04. The van der Waals surface area contributed by atoms with Gasteiger partial charge >= 0.3 is 6.03 Å². The van der Waals surface area contributed by atoms with Crippen molar-refractivity contribution in [2.24, 2.45) is 11.7 Å². The fourth-order valence-electron chi connectivity index (χ4n) is 3.41. The van der Waals surface area contributed by atoms with Gasteiger partial charge in [-0.3, -0.25) is 14.6 Å². The van der Waals surface area contributed by atoms with Crippen LogP contribution < -0.4 is 11.1 Å². The molecule has 1 saturated carbocycles. The second-order valence-corrected chi connectivity index (χ2v) is 5.68. The molecule has 0 aromatic carbocycles. The molecule has 20 heavy (non-hydrogen) atoms. The lowest BCUT2D eigenvalue weighted by atomic mass is 9.83. The number of nitrogens with zero attached hydrogens (tertiary/aromatic N) is 2. The first kappa shape index (κ1) is 15.3. The molecule has 0 bridgehead atoms. The summed E-state index contributed by atoms with van der Waals surface area (Å²) in [6, 6.07) is 0.240. The Morgan fingerprint density at radius 3 is 2.70 bits per heavy atom. The van der Waals surface area contributed by atoms with Gasteiger partial charge in [0.25, 0.3) is 0 Å². The molecule has 1 aliphatic carbocycles. The number of imide groups is 1. The van der Waals surface area contributed by atoms with E-state index in [1.165, 1.54) is 30.6 Å². The summed E-state index contributed by atoms with van der Waals surface area (Å²) >= 11 is 0. The van der Waals surface area contributed by atoms with E-state index in [1.807, 2.05) is 0 Å². The molecule has 1 aliphatic heterocycles. The molecule has 1 heterocycles. The Bertz CT molecular complexity index is 345. The van der Waals surface area contributed by atoms with E-state index < -0.39 is 0 Å². The Kier molecular flexibility index (Phi) is 5.37. The minimum absolute atomic E-state index is 0.120. The summed E-state index contributed by atoms with van der Waals surface area (Å²) in [5.41, 5.74) is 5.89. The predicted molar refractivity (Wildman–Crippen MR) is 77.2 cm³/mol. The minimum atomic E-state index is -0.259. The fourth-order valence-corrected chi connectivity index (χ4v) is 3.41. The second-order valence-electron chi connectivity index (χ2n) is 5.68.